The first-order valence-corrected chi connectivity index (χ1v) is 10.1. The average Bonchev–Trinajstić information content (AvgIpc) is 2.90. The van der Waals surface area contributed by atoms with Gasteiger partial charge < -0.3 is 4.90 Å². The zero-order chi connectivity index (χ0) is 17.2. The Morgan fingerprint density at radius 2 is 1.68 bits per heavy atom. The maximum absolute atomic E-state index is 13.2. The monoisotopic (exact) mass is 335 g/mol. The lowest BCUT2D eigenvalue weighted by molar-refractivity contribution is -0.131. The Kier molecular flexibility index (Phi) is 3.42. The number of allylic oxidation sites excluding steroid dienone is 1. The smallest absolute Gasteiger partial charge is 0.250 e. The summed E-state index contributed by atoms with van der Waals surface area (Å²) in [5.74, 6) is 3.12. The van der Waals surface area contributed by atoms with E-state index in [1.54, 1.807) is 0 Å². The number of likely N-dealkylation sites (N-methyl/N-ethyl adjacent to an activating group) is 1. The Labute approximate surface area is 151 Å². The van der Waals surface area contributed by atoms with Crippen molar-refractivity contribution in [2.24, 2.45) is 23.2 Å². The third-order valence-corrected chi connectivity index (χ3v) is 7.58. The van der Waals surface area contributed by atoms with Crippen molar-refractivity contribution in [2.75, 3.05) is 13.6 Å². The number of hydrogen-bond donors (Lipinski definition) is 0. The molecule has 0 spiro atoms. The summed E-state index contributed by atoms with van der Waals surface area (Å²) in [6.07, 6.45) is 9.33. The molecular formula is C23H29NO. The quantitative estimate of drug-likeness (QED) is 0.784. The van der Waals surface area contributed by atoms with Crippen LogP contribution in [0.15, 0.2) is 29.8 Å². The molecule has 5 aliphatic rings. The Bertz CT molecular complexity index is 724. The summed E-state index contributed by atoms with van der Waals surface area (Å²) in [5, 5.41) is 0. The molecular weight excluding hydrogens is 306 g/mol. The van der Waals surface area contributed by atoms with E-state index < -0.39 is 0 Å². The zero-order valence-corrected chi connectivity index (χ0v) is 15.6. The van der Waals surface area contributed by atoms with Crippen LogP contribution in [0.25, 0.3) is 5.57 Å². The molecule has 0 aromatic heterocycles. The Balaban J connectivity index is 1.35. The number of benzene rings is 1. The molecule has 2 heteroatoms. The van der Waals surface area contributed by atoms with Gasteiger partial charge in [0, 0.05) is 25.6 Å². The van der Waals surface area contributed by atoms with Gasteiger partial charge in [0.25, 0.3) is 0 Å². The Morgan fingerprint density at radius 3 is 2.28 bits per heavy atom. The summed E-state index contributed by atoms with van der Waals surface area (Å²) in [6.45, 7) is 3.10. The Hall–Kier alpha value is -1.57. The molecule has 25 heavy (non-hydrogen) atoms. The van der Waals surface area contributed by atoms with E-state index in [2.05, 4.69) is 36.1 Å². The fourth-order valence-electron chi connectivity index (χ4n) is 7.05. The van der Waals surface area contributed by atoms with E-state index in [4.69, 9.17) is 0 Å². The molecule has 6 rings (SSSR count). The van der Waals surface area contributed by atoms with Gasteiger partial charge in [-0.15, -0.1) is 0 Å². The molecule has 4 fully saturated rings. The molecule has 1 aromatic carbocycles. The van der Waals surface area contributed by atoms with E-state index in [9.17, 15) is 4.79 Å². The molecule has 0 radical (unpaired) electrons. The minimum absolute atomic E-state index is 0.268. The highest BCUT2D eigenvalue weighted by molar-refractivity contribution is 6.03. The maximum Gasteiger partial charge on any atom is 0.250 e. The standard InChI is InChI=1S/C23H29NO/c1-15-20-6-4-3-5-19(20)10-21(15)22(25)24(2)14-23-11-16-7-17(12-23)9-18(8-16)13-23/h3-6,16-18H,7-14H2,1-2H3. The van der Waals surface area contributed by atoms with Gasteiger partial charge in [-0.2, -0.15) is 0 Å². The van der Waals surface area contributed by atoms with Crippen LogP contribution in [0.1, 0.15) is 56.6 Å². The molecule has 1 amide bonds. The molecule has 0 unspecified atom stereocenters. The number of amides is 1. The van der Waals surface area contributed by atoms with Gasteiger partial charge in [0.1, 0.15) is 0 Å². The number of carbonyl (C=O) groups excluding carboxylic acids is 1. The van der Waals surface area contributed by atoms with E-state index >= 15 is 0 Å². The summed E-state index contributed by atoms with van der Waals surface area (Å²) in [7, 11) is 2.05. The predicted octanol–water partition coefficient (Wildman–Crippen LogP) is 4.69. The number of nitrogens with zero attached hydrogens (tertiary/aromatic N) is 1. The SMILES string of the molecule is CC1=C(C(=O)N(C)CC23CC4CC(CC(C4)C2)C3)Cc2ccccc21. The minimum atomic E-state index is 0.268. The second kappa shape index (κ2) is 5.46. The highest BCUT2D eigenvalue weighted by atomic mass is 16.2. The molecule has 4 saturated carbocycles. The van der Waals surface area contributed by atoms with Gasteiger partial charge in [-0.3, -0.25) is 4.79 Å². The van der Waals surface area contributed by atoms with Crippen LogP contribution in [0.4, 0.5) is 0 Å². The van der Waals surface area contributed by atoms with Crippen LogP contribution >= 0.6 is 0 Å². The zero-order valence-electron chi connectivity index (χ0n) is 15.6. The lowest BCUT2D eigenvalue weighted by atomic mass is 9.49. The lowest BCUT2D eigenvalue weighted by Gasteiger charge is -2.57. The molecule has 1 aromatic rings. The molecule has 2 nitrogen and oxygen atoms in total. The van der Waals surface area contributed by atoms with Crippen molar-refractivity contribution < 1.29 is 4.79 Å². The Morgan fingerprint density at radius 1 is 1.08 bits per heavy atom. The van der Waals surface area contributed by atoms with E-state index in [1.807, 2.05) is 7.05 Å². The van der Waals surface area contributed by atoms with Crippen LogP contribution in [0.2, 0.25) is 0 Å². The second-order valence-corrected chi connectivity index (χ2v) is 9.52. The third kappa shape index (κ3) is 2.48. The van der Waals surface area contributed by atoms with Crippen molar-refractivity contribution in [3.63, 3.8) is 0 Å². The molecule has 4 bridgehead atoms. The molecule has 0 atom stereocenters. The van der Waals surface area contributed by atoms with Crippen LogP contribution in [-0.2, 0) is 11.2 Å². The molecule has 5 aliphatic carbocycles. The van der Waals surface area contributed by atoms with Crippen molar-refractivity contribution in [3.05, 3.63) is 41.0 Å². The first kappa shape index (κ1) is 15.7. The molecule has 0 aliphatic heterocycles. The number of carbonyl (C=O) groups is 1. The van der Waals surface area contributed by atoms with E-state index in [0.717, 1.165) is 36.3 Å². The first-order valence-electron chi connectivity index (χ1n) is 10.1. The number of fused-ring (bicyclic) bond motifs is 1. The van der Waals surface area contributed by atoms with Crippen molar-refractivity contribution in [2.45, 2.75) is 51.9 Å². The van der Waals surface area contributed by atoms with Gasteiger partial charge >= 0.3 is 0 Å². The fraction of sp³-hybridized carbons (Fsp3) is 0.609. The van der Waals surface area contributed by atoms with Gasteiger partial charge in [0.2, 0.25) is 5.91 Å². The van der Waals surface area contributed by atoms with Gasteiger partial charge in [0.05, 0.1) is 0 Å². The van der Waals surface area contributed by atoms with Crippen LogP contribution in [0.5, 0.6) is 0 Å². The lowest BCUT2D eigenvalue weighted by Crippen LogP contribution is -2.51. The molecule has 0 saturated heterocycles. The van der Waals surface area contributed by atoms with E-state index in [-0.39, 0.29) is 5.91 Å². The van der Waals surface area contributed by atoms with Crippen molar-refractivity contribution >= 4 is 11.5 Å². The van der Waals surface area contributed by atoms with Gasteiger partial charge in [-0.05, 0) is 85.3 Å². The summed E-state index contributed by atoms with van der Waals surface area (Å²) < 4.78 is 0. The minimum Gasteiger partial charge on any atom is -0.341 e. The van der Waals surface area contributed by atoms with Crippen LogP contribution in [0.3, 0.4) is 0 Å². The van der Waals surface area contributed by atoms with Crippen LogP contribution in [-0.4, -0.2) is 24.4 Å². The highest BCUT2D eigenvalue weighted by Crippen LogP contribution is 2.60. The second-order valence-electron chi connectivity index (χ2n) is 9.52. The fourth-order valence-corrected chi connectivity index (χ4v) is 7.05. The van der Waals surface area contributed by atoms with E-state index in [1.165, 1.54) is 55.2 Å². The summed E-state index contributed by atoms with van der Waals surface area (Å²) in [6, 6.07) is 8.48. The summed E-state index contributed by atoms with van der Waals surface area (Å²) in [4.78, 5) is 15.3. The molecule has 0 heterocycles. The number of hydrogen-bond acceptors (Lipinski definition) is 1. The largest absolute Gasteiger partial charge is 0.341 e. The van der Waals surface area contributed by atoms with Gasteiger partial charge in [-0.25, -0.2) is 0 Å². The predicted molar refractivity (Wildman–Crippen MR) is 101 cm³/mol. The van der Waals surface area contributed by atoms with Crippen molar-refractivity contribution in [3.8, 4) is 0 Å². The first-order chi connectivity index (χ1) is 12.0. The maximum atomic E-state index is 13.2. The molecule has 132 valence electrons. The van der Waals surface area contributed by atoms with Crippen molar-refractivity contribution in [1.82, 2.24) is 4.90 Å². The normalized spacial score (nSPS) is 35.2. The van der Waals surface area contributed by atoms with Crippen LogP contribution in [0, 0.1) is 23.2 Å². The topological polar surface area (TPSA) is 20.3 Å². The summed E-state index contributed by atoms with van der Waals surface area (Å²) in [5.41, 5.74) is 5.23. The number of rotatable bonds is 3. The van der Waals surface area contributed by atoms with Gasteiger partial charge in [-0.1, -0.05) is 24.3 Å². The van der Waals surface area contributed by atoms with Crippen molar-refractivity contribution in [1.29, 1.82) is 0 Å². The van der Waals surface area contributed by atoms with E-state index in [0.29, 0.717) is 5.41 Å². The average molecular weight is 335 g/mol. The highest BCUT2D eigenvalue weighted by Gasteiger charge is 2.51. The van der Waals surface area contributed by atoms with Gasteiger partial charge in [0.15, 0.2) is 0 Å². The third-order valence-electron chi connectivity index (χ3n) is 7.58. The van der Waals surface area contributed by atoms with Crippen LogP contribution < -0.4 is 0 Å². The summed E-state index contributed by atoms with van der Waals surface area (Å²) >= 11 is 0. The molecule has 0 N–H and O–H groups in total.